The van der Waals surface area contributed by atoms with Crippen LogP contribution in [-0.2, 0) is 12.8 Å². The van der Waals surface area contributed by atoms with E-state index in [0.717, 1.165) is 36.9 Å². The molecule has 0 radical (unpaired) electrons. The molecule has 3 N–H and O–H groups in total. The minimum absolute atomic E-state index is 0.00593. The zero-order chi connectivity index (χ0) is 10.1. The molecule has 0 saturated heterocycles. The summed E-state index contributed by atoms with van der Waals surface area (Å²) in [7, 11) is 0. The van der Waals surface area contributed by atoms with E-state index in [4.69, 9.17) is 5.73 Å². The second-order valence-electron chi connectivity index (χ2n) is 3.74. The Balaban J connectivity index is 2.47. The van der Waals surface area contributed by atoms with Gasteiger partial charge in [0.2, 0.25) is 0 Å². The summed E-state index contributed by atoms with van der Waals surface area (Å²) in [5, 5.41) is 0. The molecule has 0 fully saturated rings. The van der Waals surface area contributed by atoms with Crippen LogP contribution in [0.4, 0.5) is 0 Å². The van der Waals surface area contributed by atoms with Gasteiger partial charge in [0, 0.05) is 5.56 Å². The van der Waals surface area contributed by atoms with E-state index in [1.807, 2.05) is 6.92 Å². The van der Waals surface area contributed by atoms with Crippen molar-refractivity contribution in [2.24, 2.45) is 5.73 Å². The second kappa shape index (κ2) is 3.53. The maximum atomic E-state index is 11.6. The third-order valence-electron chi connectivity index (χ3n) is 2.75. The SMILES string of the molecule is CCC(N)c1nc2c(c(=O)[nH]1)CCC2. The first-order valence-corrected chi connectivity index (χ1v) is 5.10. The summed E-state index contributed by atoms with van der Waals surface area (Å²) in [5.41, 5.74) is 7.64. The lowest BCUT2D eigenvalue weighted by atomic mass is 10.2. The van der Waals surface area contributed by atoms with E-state index in [1.165, 1.54) is 0 Å². The van der Waals surface area contributed by atoms with Crippen LogP contribution in [0.25, 0.3) is 0 Å². The second-order valence-corrected chi connectivity index (χ2v) is 3.74. The van der Waals surface area contributed by atoms with Gasteiger partial charge in [0.15, 0.2) is 0 Å². The normalized spacial score (nSPS) is 16.7. The van der Waals surface area contributed by atoms with Crippen LogP contribution < -0.4 is 11.3 Å². The monoisotopic (exact) mass is 193 g/mol. The van der Waals surface area contributed by atoms with Gasteiger partial charge in [0.25, 0.3) is 5.56 Å². The van der Waals surface area contributed by atoms with Gasteiger partial charge in [-0.25, -0.2) is 4.98 Å². The predicted octanol–water partition coefficient (Wildman–Crippen LogP) is 0.668. The van der Waals surface area contributed by atoms with Crippen molar-refractivity contribution in [1.29, 1.82) is 0 Å². The number of hydrogen-bond acceptors (Lipinski definition) is 3. The summed E-state index contributed by atoms with van der Waals surface area (Å²) in [5.74, 6) is 0.637. The van der Waals surface area contributed by atoms with E-state index in [0.29, 0.717) is 5.82 Å². The number of fused-ring (bicyclic) bond motifs is 1. The van der Waals surface area contributed by atoms with Crippen molar-refractivity contribution >= 4 is 0 Å². The fraction of sp³-hybridized carbons (Fsp3) is 0.600. The fourth-order valence-corrected chi connectivity index (χ4v) is 1.83. The molecule has 1 aromatic rings. The average molecular weight is 193 g/mol. The van der Waals surface area contributed by atoms with E-state index in [2.05, 4.69) is 9.97 Å². The van der Waals surface area contributed by atoms with Gasteiger partial charge in [0.1, 0.15) is 5.82 Å². The topological polar surface area (TPSA) is 71.8 Å². The first-order valence-electron chi connectivity index (χ1n) is 5.10. The predicted molar refractivity (Wildman–Crippen MR) is 54.1 cm³/mol. The van der Waals surface area contributed by atoms with Gasteiger partial charge in [-0.2, -0.15) is 0 Å². The molecule has 1 heterocycles. The van der Waals surface area contributed by atoms with Crippen molar-refractivity contribution in [3.63, 3.8) is 0 Å². The molecule has 0 aliphatic heterocycles. The van der Waals surface area contributed by atoms with E-state index in [9.17, 15) is 4.79 Å². The third-order valence-corrected chi connectivity index (χ3v) is 2.75. The van der Waals surface area contributed by atoms with Crippen LogP contribution in [0.1, 0.15) is 42.9 Å². The number of nitrogens with zero attached hydrogens (tertiary/aromatic N) is 1. The van der Waals surface area contributed by atoms with E-state index < -0.39 is 0 Å². The van der Waals surface area contributed by atoms with Gasteiger partial charge in [-0.15, -0.1) is 0 Å². The van der Waals surface area contributed by atoms with E-state index in [1.54, 1.807) is 0 Å². The number of nitrogens with two attached hydrogens (primary N) is 1. The molecule has 1 atom stereocenters. The van der Waals surface area contributed by atoms with E-state index >= 15 is 0 Å². The summed E-state index contributed by atoms with van der Waals surface area (Å²) in [6.07, 6.45) is 3.61. The molecule has 14 heavy (non-hydrogen) atoms. The maximum absolute atomic E-state index is 11.6. The molecule has 0 spiro atoms. The van der Waals surface area contributed by atoms with Crippen molar-refractivity contribution in [3.8, 4) is 0 Å². The summed E-state index contributed by atoms with van der Waals surface area (Å²) in [6.45, 7) is 1.98. The number of aromatic nitrogens is 2. The highest BCUT2D eigenvalue weighted by molar-refractivity contribution is 5.23. The molecule has 0 saturated carbocycles. The molecular weight excluding hydrogens is 178 g/mol. The molecule has 4 heteroatoms. The molecule has 2 rings (SSSR count). The van der Waals surface area contributed by atoms with Gasteiger partial charge in [0.05, 0.1) is 11.7 Å². The number of aromatic amines is 1. The lowest BCUT2D eigenvalue weighted by Gasteiger charge is -2.08. The number of aryl methyl sites for hydroxylation is 1. The Bertz CT molecular complexity index is 397. The summed E-state index contributed by atoms with van der Waals surface area (Å²) in [4.78, 5) is 18.8. The minimum Gasteiger partial charge on any atom is -0.321 e. The molecule has 4 nitrogen and oxygen atoms in total. The molecule has 1 aliphatic carbocycles. The molecule has 0 amide bonds. The van der Waals surface area contributed by atoms with Crippen molar-refractivity contribution in [2.75, 3.05) is 0 Å². The number of rotatable bonds is 2. The Morgan fingerprint density at radius 3 is 3.07 bits per heavy atom. The van der Waals surface area contributed by atoms with Crippen LogP contribution in [0, 0.1) is 0 Å². The van der Waals surface area contributed by atoms with Crippen LogP contribution in [0.3, 0.4) is 0 Å². The van der Waals surface area contributed by atoms with Crippen molar-refractivity contribution in [3.05, 3.63) is 27.4 Å². The zero-order valence-electron chi connectivity index (χ0n) is 8.34. The quantitative estimate of drug-likeness (QED) is 0.725. The standard InChI is InChI=1S/C10H15N3O/c1-2-7(11)9-12-8-5-3-4-6(8)10(14)13-9/h7H,2-5,11H2,1H3,(H,12,13,14). The van der Waals surface area contributed by atoms with Crippen molar-refractivity contribution in [1.82, 2.24) is 9.97 Å². The molecule has 0 bridgehead atoms. The van der Waals surface area contributed by atoms with Gasteiger partial charge in [-0.05, 0) is 25.7 Å². The third kappa shape index (κ3) is 1.46. The lowest BCUT2D eigenvalue weighted by Crippen LogP contribution is -2.22. The molecule has 76 valence electrons. The number of H-pyrrole nitrogens is 1. The van der Waals surface area contributed by atoms with Crippen LogP contribution in [0.5, 0.6) is 0 Å². The Hall–Kier alpha value is -1.16. The minimum atomic E-state index is -0.145. The smallest absolute Gasteiger partial charge is 0.254 e. The highest BCUT2D eigenvalue weighted by Gasteiger charge is 2.18. The highest BCUT2D eigenvalue weighted by Crippen LogP contribution is 2.17. The van der Waals surface area contributed by atoms with Gasteiger partial charge in [-0.1, -0.05) is 6.92 Å². The molecule has 1 aromatic heterocycles. The van der Waals surface area contributed by atoms with Crippen molar-refractivity contribution in [2.45, 2.75) is 38.6 Å². The first kappa shape index (κ1) is 9.40. The Kier molecular flexibility index (Phi) is 2.37. The summed E-state index contributed by atoms with van der Waals surface area (Å²) in [6, 6.07) is -0.145. The van der Waals surface area contributed by atoms with Crippen LogP contribution in [0.2, 0.25) is 0 Å². The number of hydrogen-bond donors (Lipinski definition) is 2. The average Bonchev–Trinajstić information content (AvgIpc) is 2.64. The molecule has 1 aliphatic rings. The van der Waals surface area contributed by atoms with Crippen LogP contribution in [0.15, 0.2) is 4.79 Å². The van der Waals surface area contributed by atoms with Gasteiger partial charge < -0.3 is 10.7 Å². The Morgan fingerprint density at radius 1 is 1.57 bits per heavy atom. The molecule has 0 aromatic carbocycles. The Labute approximate surface area is 82.6 Å². The first-order chi connectivity index (χ1) is 6.72. The van der Waals surface area contributed by atoms with E-state index in [-0.39, 0.29) is 11.6 Å². The Morgan fingerprint density at radius 2 is 2.36 bits per heavy atom. The highest BCUT2D eigenvalue weighted by atomic mass is 16.1. The lowest BCUT2D eigenvalue weighted by molar-refractivity contribution is 0.639. The molecule has 1 unspecified atom stereocenters. The van der Waals surface area contributed by atoms with Gasteiger partial charge in [-0.3, -0.25) is 4.79 Å². The summed E-state index contributed by atoms with van der Waals surface area (Å²) < 4.78 is 0. The summed E-state index contributed by atoms with van der Waals surface area (Å²) >= 11 is 0. The number of nitrogens with one attached hydrogen (secondary N) is 1. The molecular formula is C10H15N3O. The van der Waals surface area contributed by atoms with Crippen LogP contribution in [-0.4, -0.2) is 9.97 Å². The van der Waals surface area contributed by atoms with Gasteiger partial charge >= 0.3 is 0 Å². The fourth-order valence-electron chi connectivity index (χ4n) is 1.83. The van der Waals surface area contributed by atoms with Crippen molar-refractivity contribution < 1.29 is 0 Å². The maximum Gasteiger partial charge on any atom is 0.254 e. The zero-order valence-corrected chi connectivity index (χ0v) is 8.34. The van der Waals surface area contributed by atoms with Crippen LogP contribution >= 0.6 is 0 Å². The largest absolute Gasteiger partial charge is 0.321 e.